The van der Waals surface area contributed by atoms with Crippen molar-refractivity contribution in [3.05, 3.63) is 43.0 Å². The molecule has 1 saturated heterocycles. The Hall–Kier alpha value is -3.03. The van der Waals surface area contributed by atoms with Gasteiger partial charge in [0.05, 0.1) is 24.5 Å². The lowest BCUT2D eigenvalue weighted by Crippen LogP contribution is -2.47. The van der Waals surface area contributed by atoms with Crippen LogP contribution in [0.4, 0.5) is 10.5 Å². The van der Waals surface area contributed by atoms with E-state index in [-0.39, 0.29) is 18.5 Å². The number of benzene rings is 1. The van der Waals surface area contributed by atoms with Crippen LogP contribution < -0.4 is 10.1 Å². The summed E-state index contributed by atoms with van der Waals surface area (Å²) in [5.41, 5.74) is 0.568. The maximum atomic E-state index is 12.6. The second kappa shape index (κ2) is 8.57. The van der Waals surface area contributed by atoms with E-state index >= 15 is 0 Å². The molecule has 2 atom stereocenters. The third-order valence-corrected chi connectivity index (χ3v) is 4.59. The van der Waals surface area contributed by atoms with Gasteiger partial charge in [-0.2, -0.15) is 0 Å². The first-order valence-electron chi connectivity index (χ1n) is 8.99. The summed E-state index contributed by atoms with van der Waals surface area (Å²) in [6, 6.07) is 6.91. The Morgan fingerprint density at radius 2 is 2.15 bits per heavy atom. The molecule has 1 fully saturated rings. The van der Waals surface area contributed by atoms with Gasteiger partial charge < -0.3 is 24.6 Å². The highest BCUT2D eigenvalue weighted by Crippen LogP contribution is 2.26. The Morgan fingerprint density at radius 1 is 1.33 bits per heavy atom. The number of para-hydroxylation sites is 2. The molecule has 2 N–H and O–H groups in total. The van der Waals surface area contributed by atoms with Crippen LogP contribution in [0.25, 0.3) is 0 Å². The van der Waals surface area contributed by atoms with E-state index < -0.39 is 11.9 Å². The topological polar surface area (TPSA) is 96.7 Å². The smallest absolute Gasteiger partial charge is 0.321 e. The van der Waals surface area contributed by atoms with Crippen LogP contribution in [0.5, 0.6) is 5.75 Å². The van der Waals surface area contributed by atoms with Gasteiger partial charge in [-0.1, -0.05) is 19.1 Å². The van der Waals surface area contributed by atoms with Gasteiger partial charge in [-0.05, 0) is 24.5 Å². The van der Waals surface area contributed by atoms with E-state index in [4.69, 9.17) is 4.74 Å². The summed E-state index contributed by atoms with van der Waals surface area (Å²) in [6.45, 7) is 3.80. The van der Waals surface area contributed by atoms with Crippen molar-refractivity contribution in [2.24, 2.45) is 11.8 Å². The number of urea groups is 1. The largest absolute Gasteiger partial charge is 0.490 e. The Kier molecular flexibility index (Phi) is 5.95. The normalized spacial score (nSPS) is 19.5. The van der Waals surface area contributed by atoms with Crippen LogP contribution in [-0.2, 0) is 11.3 Å². The number of piperidine rings is 1. The minimum Gasteiger partial charge on any atom is -0.490 e. The molecule has 2 aromatic rings. The fourth-order valence-corrected chi connectivity index (χ4v) is 3.27. The molecular formula is C19H24N4O4. The molecular weight excluding hydrogens is 348 g/mol. The molecule has 27 heavy (non-hydrogen) atoms. The van der Waals surface area contributed by atoms with Gasteiger partial charge in [-0.3, -0.25) is 4.79 Å². The van der Waals surface area contributed by atoms with E-state index in [9.17, 15) is 14.7 Å². The lowest BCUT2D eigenvalue weighted by molar-refractivity contribution is -0.143. The zero-order valence-corrected chi connectivity index (χ0v) is 15.2. The number of rotatable bonds is 6. The first-order chi connectivity index (χ1) is 13.0. The summed E-state index contributed by atoms with van der Waals surface area (Å²) in [5.74, 6) is -0.665. The molecule has 2 heterocycles. The fourth-order valence-electron chi connectivity index (χ4n) is 3.27. The van der Waals surface area contributed by atoms with Crippen LogP contribution in [0.15, 0.2) is 43.0 Å². The van der Waals surface area contributed by atoms with Gasteiger partial charge in [-0.25, -0.2) is 9.78 Å². The number of carboxylic acid groups (broad SMARTS) is 1. The number of likely N-dealkylation sites (tertiary alicyclic amines) is 1. The van der Waals surface area contributed by atoms with E-state index in [2.05, 4.69) is 10.3 Å². The lowest BCUT2D eigenvalue weighted by atomic mass is 9.91. The number of carboxylic acids is 1. The van der Waals surface area contributed by atoms with Gasteiger partial charge in [0.2, 0.25) is 0 Å². The maximum Gasteiger partial charge on any atom is 0.321 e. The third-order valence-electron chi connectivity index (χ3n) is 4.59. The number of amides is 2. The number of ether oxygens (including phenoxy) is 1. The number of hydrogen-bond acceptors (Lipinski definition) is 4. The monoisotopic (exact) mass is 372 g/mol. The van der Waals surface area contributed by atoms with E-state index in [1.807, 2.05) is 29.8 Å². The third kappa shape index (κ3) is 4.99. The molecule has 2 amide bonds. The summed E-state index contributed by atoms with van der Waals surface area (Å²) < 4.78 is 7.71. The summed E-state index contributed by atoms with van der Waals surface area (Å²) >= 11 is 0. The van der Waals surface area contributed by atoms with Crippen LogP contribution in [-0.4, -0.2) is 51.3 Å². The van der Waals surface area contributed by atoms with Gasteiger partial charge in [0, 0.05) is 25.5 Å². The molecule has 1 aromatic carbocycles. The van der Waals surface area contributed by atoms with Crippen LogP contribution in [0, 0.1) is 11.8 Å². The predicted molar refractivity (Wildman–Crippen MR) is 99.7 cm³/mol. The molecule has 1 aliphatic rings. The van der Waals surface area contributed by atoms with E-state index in [0.29, 0.717) is 37.6 Å². The zero-order chi connectivity index (χ0) is 19.2. The summed E-state index contributed by atoms with van der Waals surface area (Å²) in [6.07, 6.45) is 5.87. The summed E-state index contributed by atoms with van der Waals surface area (Å²) in [7, 11) is 0. The van der Waals surface area contributed by atoms with Gasteiger partial charge in [-0.15, -0.1) is 0 Å². The predicted octanol–water partition coefficient (Wildman–Crippen LogP) is 2.54. The van der Waals surface area contributed by atoms with E-state index in [1.54, 1.807) is 29.6 Å². The molecule has 8 nitrogen and oxygen atoms in total. The molecule has 0 radical (unpaired) electrons. The number of imidazole rings is 1. The van der Waals surface area contributed by atoms with Gasteiger partial charge in [0.25, 0.3) is 0 Å². The zero-order valence-electron chi connectivity index (χ0n) is 15.2. The number of carbonyl (C=O) groups excluding carboxylic acids is 1. The van der Waals surface area contributed by atoms with Gasteiger partial charge in [0.1, 0.15) is 12.4 Å². The van der Waals surface area contributed by atoms with Gasteiger partial charge in [0.15, 0.2) is 0 Å². The number of hydrogen-bond donors (Lipinski definition) is 2. The first-order valence-corrected chi connectivity index (χ1v) is 8.99. The van der Waals surface area contributed by atoms with Crippen LogP contribution >= 0.6 is 0 Å². The molecule has 1 aromatic heterocycles. The minimum absolute atomic E-state index is 0.146. The van der Waals surface area contributed by atoms with E-state index in [0.717, 1.165) is 0 Å². The average molecular weight is 372 g/mol. The number of anilines is 1. The van der Waals surface area contributed by atoms with Gasteiger partial charge >= 0.3 is 12.0 Å². The number of aliphatic carboxylic acids is 1. The molecule has 3 rings (SSSR count). The van der Waals surface area contributed by atoms with Crippen molar-refractivity contribution in [3.8, 4) is 5.75 Å². The molecule has 144 valence electrons. The Morgan fingerprint density at radius 3 is 2.89 bits per heavy atom. The highest BCUT2D eigenvalue weighted by atomic mass is 16.5. The first kappa shape index (κ1) is 18.8. The van der Waals surface area contributed by atoms with Crippen molar-refractivity contribution >= 4 is 17.7 Å². The SMILES string of the molecule is CC1CC(C(=O)O)CN(C(=O)Nc2ccccc2OCCn2ccnc2)C1. The van der Waals surface area contributed by atoms with Crippen molar-refractivity contribution in [1.29, 1.82) is 0 Å². The van der Waals surface area contributed by atoms with Crippen molar-refractivity contribution in [3.63, 3.8) is 0 Å². The molecule has 8 heteroatoms. The van der Waals surface area contributed by atoms with Crippen molar-refractivity contribution in [1.82, 2.24) is 14.5 Å². The molecule has 0 saturated carbocycles. The summed E-state index contributed by atoms with van der Waals surface area (Å²) in [4.78, 5) is 29.5. The van der Waals surface area contributed by atoms with E-state index in [1.165, 1.54) is 0 Å². The minimum atomic E-state index is -0.859. The maximum absolute atomic E-state index is 12.6. The molecule has 0 bridgehead atoms. The number of nitrogens with zero attached hydrogens (tertiary/aromatic N) is 3. The average Bonchev–Trinajstić information content (AvgIpc) is 3.16. The van der Waals surface area contributed by atoms with Crippen molar-refractivity contribution in [2.45, 2.75) is 19.9 Å². The molecule has 0 aliphatic carbocycles. The number of nitrogens with one attached hydrogen (secondary N) is 1. The second-order valence-corrected chi connectivity index (χ2v) is 6.86. The number of aromatic nitrogens is 2. The Bertz CT molecular complexity index is 778. The molecule has 1 aliphatic heterocycles. The summed E-state index contributed by atoms with van der Waals surface area (Å²) in [5, 5.41) is 12.1. The number of carbonyl (C=O) groups is 2. The molecule has 0 spiro atoms. The van der Waals surface area contributed by atoms with Crippen LogP contribution in [0.1, 0.15) is 13.3 Å². The lowest BCUT2D eigenvalue weighted by Gasteiger charge is -2.34. The fraction of sp³-hybridized carbons (Fsp3) is 0.421. The van der Waals surface area contributed by atoms with Crippen molar-refractivity contribution in [2.75, 3.05) is 25.0 Å². The van der Waals surface area contributed by atoms with Crippen LogP contribution in [0.3, 0.4) is 0 Å². The molecule has 2 unspecified atom stereocenters. The van der Waals surface area contributed by atoms with Crippen molar-refractivity contribution < 1.29 is 19.4 Å². The standard InChI is InChI=1S/C19H24N4O4/c1-14-10-15(18(24)25)12-23(11-14)19(26)21-16-4-2-3-5-17(16)27-9-8-22-7-6-20-13-22/h2-7,13-15H,8-12H2,1H3,(H,21,26)(H,24,25). The Balaban J connectivity index is 1.61. The van der Waals surface area contributed by atoms with Crippen LogP contribution in [0.2, 0.25) is 0 Å². The second-order valence-electron chi connectivity index (χ2n) is 6.86. The highest BCUT2D eigenvalue weighted by Gasteiger charge is 2.32. The quantitative estimate of drug-likeness (QED) is 0.812. The Labute approximate surface area is 157 Å². The highest BCUT2D eigenvalue weighted by molar-refractivity contribution is 5.91.